The highest BCUT2D eigenvalue weighted by Crippen LogP contribution is 2.23. The van der Waals surface area contributed by atoms with Crippen LogP contribution in [0.2, 0.25) is 0 Å². The van der Waals surface area contributed by atoms with Crippen molar-refractivity contribution in [1.29, 1.82) is 0 Å². The summed E-state index contributed by atoms with van der Waals surface area (Å²) in [6.07, 6.45) is 1.44. The Balaban J connectivity index is 2.49. The highest BCUT2D eigenvalue weighted by Gasteiger charge is 2.12. The molecular formula is C12H14IN5O. The van der Waals surface area contributed by atoms with Crippen LogP contribution in [0.4, 0.5) is 5.82 Å². The number of rotatable bonds is 4. The van der Waals surface area contributed by atoms with Crippen LogP contribution in [0.3, 0.4) is 0 Å². The van der Waals surface area contributed by atoms with Crippen LogP contribution in [0.15, 0.2) is 12.4 Å². The summed E-state index contributed by atoms with van der Waals surface area (Å²) < 4.78 is 6.10. The molecule has 0 unspecified atom stereocenters. The molecule has 1 N–H and O–H groups in total. The molecule has 0 amide bonds. The molecule has 2 aromatic heterocycles. The van der Waals surface area contributed by atoms with Crippen molar-refractivity contribution in [3.8, 4) is 17.4 Å². The van der Waals surface area contributed by atoms with Crippen LogP contribution in [0.1, 0.15) is 12.6 Å². The number of aryl methyl sites for hydroxylation is 1. The van der Waals surface area contributed by atoms with Gasteiger partial charge in [-0.2, -0.15) is 0 Å². The first-order valence-electron chi connectivity index (χ1n) is 5.80. The van der Waals surface area contributed by atoms with E-state index in [-0.39, 0.29) is 0 Å². The summed E-state index contributed by atoms with van der Waals surface area (Å²) in [5.41, 5.74) is 1.56. The predicted octanol–water partition coefficient (Wildman–Crippen LogP) is 2.29. The number of anilines is 1. The number of aromatic nitrogens is 4. The number of methoxy groups -OCH3 is 1. The molecule has 7 heteroatoms. The predicted molar refractivity (Wildman–Crippen MR) is 81.2 cm³/mol. The molecule has 2 rings (SSSR count). The van der Waals surface area contributed by atoms with E-state index in [0.717, 1.165) is 21.6 Å². The van der Waals surface area contributed by atoms with E-state index in [4.69, 9.17) is 4.74 Å². The average molecular weight is 371 g/mol. The molecule has 2 heterocycles. The molecule has 0 spiro atoms. The van der Waals surface area contributed by atoms with Crippen molar-refractivity contribution in [3.05, 3.63) is 21.7 Å². The molecule has 0 saturated heterocycles. The zero-order valence-electron chi connectivity index (χ0n) is 10.9. The Morgan fingerprint density at radius 3 is 2.79 bits per heavy atom. The SMILES string of the molecule is CCNc1nc(-c2cc(OC)ncn2)nc(C)c1I. The fourth-order valence-electron chi connectivity index (χ4n) is 1.53. The maximum absolute atomic E-state index is 5.08. The Morgan fingerprint density at radius 1 is 1.32 bits per heavy atom. The maximum Gasteiger partial charge on any atom is 0.216 e. The molecule has 2 aromatic rings. The standard InChI is InChI=1S/C12H14IN5O/c1-4-14-12-10(13)7(2)17-11(18-12)8-5-9(19-3)16-6-15-8/h5-6H,4H2,1-3H3,(H,14,17,18). The van der Waals surface area contributed by atoms with Crippen LogP contribution >= 0.6 is 22.6 Å². The molecule has 0 aromatic carbocycles. The number of hydrogen-bond acceptors (Lipinski definition) is 6. The van der Waals surface area contributed by atoms with E-state index in [2.05, 4.69) is 47.8 Å². The molecule has 6 nitrogen and oxygen atoms in total. The first-order chi connectivity index (χ1) is 9.15. The van der Waals surface area contributed by atoms with E-state index in [1.807, 2.05) is 13.8 Å². The summed E-state index contributed by atoms with van der Waals surface area (Å²) in [5, 5.41) is 3.22. The normalized spacial score (nSPS) is 10.3. The molecule has 0 aliphatic rings. The second-order valence-corrected chi connectivity index (χ2v) is 4.85. The molecule has 0 saturated carbocycles. The van der Waals surface area contributed by atoms with Crippen LogP contribution < -0.4 is 10.1 Å². The molecule has 0 fully saturated rings. The minimum atomic E-state index is 0.495. The lowest BCUT2D eigenvalue weighted by Crippen LogP contribution is -2.06. The first kappa shape index (κ1) is 13.9. The largest absolute Gasteiger partial charge is 0.481 e. The summed E-state index contributed by atoms with van der Waals surface area (Å²) in [6.45, 7) is 4.78. The van der Waals surface area contributed by atoms with Crippen LogP contribution in [-0.4, -0.2) is 33.6 Å². The van der Waals surface area contributed by atoms with Crippen molar-refractivity contribution in [1.82, 2.24) is 19.9 Å². The van der Waals surface area contributed by atoms with Gasteiger partial charge in [-0.25, -0.2) is 19.9 Å². The monoisotopic (exact) mass is 371 g/mol. The van der Waals surface area contributed by atoms with E-state index >= 15 is 0 Å². The van der Waals surface area contributed by atoms with Crippen molar-refractivity contribution >= 4 is 28.4 Å². The zero-order valence-corrected chi connectivity index (χ0v) is 13.1. The zero-order chi connectivity index (χ0) is 13.8. The Labute approximate surface area is 125 Å². The third-order valence-corrected chi connectivity index (χ3v) is 3.73. The van der Waals surface area contributed by atoms with Gasteiger partial charge in [-0.05, 0) is 36.4 Å². The molecule has 19 heavy (non-hydrogen) atoms. The summed E-state index contributed by atoms with van der Waals surface area (Å²) in [4.78, 5) is 17.1. The fourth-order valence-corrected chi connectivity index (χ4v) is 1.96. The van der Waals surface area contributed by atoms with Crippen LogP contribution in [0.25, 0.3) is 11.5 Å². The number of halogens is 1. The van der Waals surface area contributed by atoms with Crippen molar-refractivity contribution in [2.45, 2.75) is 13.8 Å². The summed E-state index contributed by atoms with van der Waals surface area (Å²) in [5.74, 6) is 1.88. The molecule has 0 atom stereocenters. The summed E-state index contributed by atoms with van der Waals surface area (Å²) in [7, 11) is 1.57. The van der Waals surface area contributed by atoms with Crippen molar-refractivity contribution in [3.63, 3.8) is 0 Å². The maximum atomic E-state index is 5.08. The molecule has 0 aliphatic carbocycles. The lowest BCUT2D eigenvalue weighted by atomic mass is 10.3. The Morgan fingerprint density at radius 2 is 2.11 bits per heavy atom. The third-order valence-electron chi connectivity index (χ3n) is 2.44. The van der Waals surface area contributed by atoms with E-state index in [1.165, 1.54) is 6.33 Å². The van der Waals surface area contributed by atoms with Gasteiger partial charge in [0.2, 0.25) is 5.88 Å². The highest BCUT2D eigenvalue weighted by atomic mass is 127. The van der Waals surface area contributed by atoms with E-state index in [0.29, 0.717) is 17.4 Å². The fraction of sp³-hybridized carbons (Fsp3) is 0.333. The quantitative estimate of drug-likeness (QED) is 0.832. The second-order valence-electron chi connectivity index (χ2n) is 3.77. The van der Waals surface area contributed by atoms with Crippen LogP contribution in [0.5, 0.6) is 5.88 Å². The van der Waals surface area contributed by atoms with E-state index < -0.39 is 0 Å². The lowest BCUT2D eigenvalue weighted by molar-refractivity contribution is 0.397. The summed E-state index contributed by atoms with van der Waals surface area (Å²) >= 11 is 2.23. The molecule has 0 radical (unpaired) electrons. The van der Waals surface area contributed by atoms with Gasteiger partial charge in [0.15, 0.2) is 5.82 Å². The number of ether oxygens (including phenoxy) is 1. The number of nitrogens with one attached hydrogen (secondary N) is 1. The number of hydrogen-bond donors (Lipinski definition) is 1. The van der Waals surface area contributed by atoms with Crippen molar-refractivity contribution < 1.29 is 4.74 Å². The topological polar surface area (TPSA) is 72.8 Å². The highest BCUT2D eigenvalue weighted by molar-refractivity contribution is 14.1. The van der Waals surface area contributed by atoms with Gasteiger partial charge in [-0.1, -0.05) is 0 Å². The molecule has 100 valence electrons. The van der Waals surface area contributed by atoms with Gasteiger partial charge in [-0.3, -0.25) is 0 Å². The van der Waals surface area contributed by atoms with E-state index in [9.17, 15) is 0 Å². The van der Waals surface area contributed by atoms with Gasteiger partial charge in [-0.15, -0.1) is 0 Å². The Bertz CT molecular complexity index is 590. The average Bonchev–Trinajstić information content (AvgIpc) is 2.44. The first-order valence-corrected chi connectivity index (χ1v) is 6.88. The Hall–Kier alpha value is -1.51. The Kier molecular flexibility index (Phi) is 4.46. The minimum Gasteiger partial charge on any atom is -0.481 e. The molecule has 0 bridgehead atoms. The second kappa shape index (κ2) is 6.09. The third kappa shape index (κ3) is 3.09. The van der Waals surface area contributed by atoms with Gasteiger partial charge < -0.3 is 10.1 Å². The van der Waals surface area contributed by atoms with Gasteiger partial charge in [0, 0.05) is 12.6 Å². The van der Waals surface area contributed by atoms with Gasteiger partial charge >= 0.3 is 0 Å². The van der Waals surface area contributed by atoms with E-state index in [1.54, 1.807) is 13.2 Å². The molecular weight excluding hydrogens is 357 g/mol. The van der Waals surface area contributed by atoms with Gasteiger partial charge in [0.1, 0.15) is 17.8 Å². The minimum absolute atomic E-state index is 0.495. The van der Waals surface area contributed by atoms with Crippen LogP contribution in [0, 0.1) is 10.5 Å². The van der Waals surface area contributed by atoms with Gasteiger partial charge in [0.05, 0.1) is 16.4 Å². The lowest BCUT2D eigenvalue weighted by Gasteiger charge is -2.09. The number of nitrogens with zero attached hydrogens (tertiary/aromatic N) is 4. The van der Waals surface area contributed by atoms with Crippen molar-refractivity contribution in [2.75, 3.05) is 19.0 Å². The molecule has 0 aliphatic heterocycles. The van der Waals surface area contributed by atoms with Crippen molar-refractivity contribution in [2.24, 2.45) is 0 Å². The smallest absolute Gasteiger partial charge is 0.216 e. The summed E-state index contributed by atoms with van der Waals surface area (Å²) in [6, 6.07) is 1.72. The van der Waals surface area contributed by atoms with Gasteiger partial charge in [0.25, 0.3) is 0 Å². The van der Waals surface area contributed by atoms with Crippen LogP contribution in [-0.2, 0) is 0 Å².